The molecule has 1 aromatic heterocycles. The first-order chi connectivity index (χ1) is 8.71. The summed E-state index contributed by atoms with van der Waals surface area (Å²) in [5.41, 5.74) is 1.20. The number of nitrogens with zero attached hydrogens (tertiary/aromatic N) is 2. The summed E-state index contributed by atoms with van der Waals surface area (Å²) in [5, 5.41) is 0.546. The van der Waals surface area contributed by atoms with Gasteiger partial charge in [-0.2, -0.15) is 0 Å². The highest BCUT2D eigenvalue weighted by molar-refractivity contribution is 6.29. The number of hydrogen-bond donors (Lipinski definition) is 0. The third-order valence-corrected chi connectivity index (χ3v) is 3.44. The molecule has 0 spiro atoms. The van der Waals surface area contributed by atoms with Crippen LogP contribution >= 0.6 is 11.6 Å². The maximum absolute atomic E-state index is 5.80. The summed E-state index contributed by atoms with van der Waals surface area (Å²) >= 11 is 5.80. The van der Waals surface area contributed by atoms with Crippen LogP contribution in [0.5, 0.6) is 0 Å². The van der Waals surface area contributed by atoms with Crippen LogP contribution in [0, 0.1) is 0 Å². The van der Waals surface area contributed by atoms with E-state index in [-0.39, 0.29) is 0 Å². The lowest BCUT2D eigenvalue weighted by atomic mass is 10.1. The molecule has 0 aliphatic heterocycles. The van der Waals surface area contributed by atoms with Gasteiger partial charge in [-0.1, -0.05) is 31.5 Å². The Labute approximate surface area is 115 Å². The lowest BCUT2D eigenvalue weighted by Crippen LogP contribution is -2.36. The summed E-state index contributed by atoms with van der Waals surface area (Å²) < 4.78 is 5.19. The largest absolute Gasteiger partial charge is 0.383 e. The molecule has 0 N–H and O–H groups in total. The Morgan fingerprint density at radius 2 is 2.06 bits per heavy atom. The van der Waals surface area contributed by atoms with E-state index in [1.165, 1.54) is 5.56 Å². The van der Waals surface area contributed by atoms with Crippen molar-refractivity contribution in [3.63, 3.8) is 0 Å². The highest BCUT2D eigenvalue weighted by atomic mass is 35.5. The smallest absolute Gasteiger partial charge is 0.129 e. The SMILES string of the molecule is CCC(CC)N(CCOC)Cc1ccc(Cl)nc1. The molecule has 1 aromatic rings. The summed E-state index contributed by atoms with van der Waals surface area (Å²) in [6.07, 6.45) is 4.16. The Morgan fingerprint density at radius 3 is 2.56 bits per heavy atom. The standard InChI is InChI=1S/C14H23ClN2O/c1-4-13(5-2)17(8-9-18-3)11-12-6-7-14(15)16-10-12/h6-7,10,13H,4-5,8-9,11H2,1-3H3. The highest BCUT2D eigenvalue weighted by Gasteiger charge is 2.15. The van der Waals surface area contributed by atoms with Crippen LogP contribution in [0.3, 0.4) is 0 Å². The van der Waals surface area contributed by atoms with Gasteiger partial charge in [0.05, 0.1) is 6.61 Å². The molecular weight excluding hydrogens is 248 g/mol. The van der Waals surface area contributed by atoms with Crippen molar-refractivity contribution in [3.8, 4) is 0 Å². The topological polar surface area (TPSA) is 25.4 Å². The molecule has 0 saturated carbocycles. The van der Waals surface area contributed by atoms with Crippen molar-refractivity contribution in [1.29, 1.82) is 0 Å². The maximum atomic E-state index is 5.80. The second-order valence-corrected chi connectivity index (χ2v) is 4.81. The van der Waals surface area contributed by atoms with Crippen molar-refractivity contribution < 1.29 is 4.74 Å². The first-order valence-corrected chi connectivity index (χ1v) is 6.92. The first-order valence-electron chi connectivity index (χ1n) is 6.54. The van der Waals surface area contributed by atoms with Crippen LogP contribution in [0.2, 0.25) is 5.15 Å². The number of methoxy groups -OCH3 is 1. The van der Waals surface area contributed by atoms with Crippen molar-refractivity contribution in [2.24, 2.45) is 0 Å². The second-order valence-electron chi connectivity index (χ2n) is 4.42. The summed E-state index contributed by atoms with van der Waals surface area (Å²) in [4.78, 5) is 6.58. The third-order valence-electron chi connectivity index (χ3n) is 3.22. The highest BCUT2D eigenvalue weighted by Crippen LogP contribution is 2.14. The third kappa shape index (κ3) is 4.92. The predicted molar refractivity (Wildman–Crippen MR) is 75.9 cm³/mol. The van der Waals surface area contributed by atoms with Gasteiger partial charge in [-0.3, -0.25) is 4.90 Å². The molecule has 0 radical (unpaired) electrons. The lowest BCUT2D eigenvalue weighted by molar-refractivity contribution is 0.110. The van der Waals surface area contributed by atoms with Crippen LogP contribution in [0.4, 0.5) is 0 Å². The Kier molecular flexibility index (Phi) is 7.25. The van der Waals surface area contributed by atoms with Crippen LogP contribution in [0.1, 0.15) is 32.3 Å². The fourth-order valence-electron chi connectivity index (χ4n) is 2.14. The Bertz CT molecular complexity index is 325. The van der Waals surface area contributed by atoms with Gasteiger partial charge in [0.15, 0.2) is 0 Å². The molecule has 0 aliphatic rings. The van der Waals surface area contributed by atoms with Gasteiger partial charge in [0.25, 0.3) is 0 Å². The van der Waals surface area contributed by atoms with Gasteiger partial charge in [0, 0.05) is 32.4 Å². The quantitative estimate of drug-likeness (QED) is 0.677. The van der Waals surface area contributed by atoms with Gasteiger partial charge in [-0.25, -0.2) is 4.98 Å². The van der Waals surface area contributed by atoms with Crippen molar-refractivity contribution >= 4 is 11.6 Å². The minimum Gasteiger partial charge on any atom is -0.383 e. The zero-order valence-electron chi connectivity index (χ0n) is 11.5. The van der Waals surface area contributed by atoms with Gasteiger partial charge in [-0.15, -0.1) is 0 Å². The molecule has 4 heteroatoms. The van der Waals surface area contributed by atoms with Gasteiger partial charge < -0.3 is 4.74 Å². The Morgan fingerprint density at radius 1 is 1.33 bits per heavy atom. The molecule has 0 aromatic carbocycles. The van der Waals surface area contributed by atoms with E-state index in [4.69, 9.17) is 16.3 Å². The van der Waals surface area contributed by atoms with Crippen LogP contribution in [-0.2, 0) is 11.3 Å². The minimum atomic E-state index is 0.546. The molecule has 0 fully saturated rings. The Hall–Kier alpha value is -0.640. The van der Waals surface area contributed by atoms with E-state index < -0.39 is 0 Å². The van der Waals surface area contributed by atoms with Crippen molar-refractivity contribution in [2.45, 2.75) is 39.3 Å². The van der Waals surface area contributed by atoms with E-state index in [1.54, 1.807) is 7.11 Å². The molecule has 3 nitrogen and oxygen atoms in total. The fraction of sp³-hybridized carbons (Fsp3) is 0.643. The normalized spacial score (nSPS) is 11.4. The summed E-state index contributed by atoms with van der Waals surface area (Å²) in [5.74, 6) is 0. The fourth-order valence-corrected chi connectivity index (χ4v) is 2.25. The molecule has 0 bridgehead atoms. The zero-order chi connectivity index (χ0) is 13.4. The van der Waals surface area contributed by atoms with E-state index in [1.807, 2.05) is 18.3 Å². The molecule has 0 unspecified atom stereocenters. The molecule has 0 aliphatic carbocycles. The van der Waals surface area contributed by atoms with Crippen molar-refractivity contribution in [3.05, 3.63) is 29.0 Å². The Balaban J connectivity index is 2.67. The van der Waals surface area contributed by atoms with Crippen molar-refractivity contribution in [2.75, 3.05) is 20.3 Å². The maximum Gasteiger partial charge on any atom is 0.129 e. The second kappa shape index (κ2) is 8.46. The number of aromatic nitrogens is 1. The molecule has 0 atom stereocenters. The molecule has 18 heavy (non-hydrogen) atoms. The molecule has 102 valence electrons. The first kappa shape index (κ1) is 15.4. The van der Waals surface area contributed by atoms with Crippen LogP contribution in [0.25, 0.3) is 0 Å². The van der Waals surface area contributed by atoms with E-state index in [0.29, 0.717) is 11.2 Å². The van der Waals surface area contributed by atoms with Gasteiger partial charge >= 0.3 is 0 Å². The van der Waals surface area contributed by atoms with E-state index in [9.17, 15) is 0 Å². The predicted octanol–water partition coefficient (Wildman–Crippen LogP) is 3.37. The molecular formula is C14H23ClN2O. The number of pyridine rings is 1. The van der Waals surface area contributed by atoms with Crippen molar-refractivity contribution in [1.82, 2.24) is 9.88 Å². The summed E-state index contributed by atoms with van der Waals surface area (Å²) in [6, 6.07) is 4.48. The summed E-state index contributed by atoms with van der Waals surface area (Å²) in [7, 11) is 1.74. The molecule has 1 rings (SSSR count). The van der Waals surface area contributed by atoms with E-state index in [0.717, 1.165) is 32.5 Å². The zero-order valence-corrected chi connectivity index (χ0v) is 12.3. The van der Waals surface area contributed by atoms with Gasteiger partial charge in [0.2, 0.25) is 0 Å². The molecule has 0 amide bonds. The number of ether oxygens (including phenoxy) is 1. The van der Waals surface area contributed by atoms with Gasteiger partial charge in [0.1, 0.15) is 5.15 Å². The van der Waals surface area contributed by atoms with E-state index in [2.05, 4.69) is 23.7 Å². The van der Waals surface area contributed by atoms with E-state index >= 15 is 0 Å². The molecule has 1 heterocycles. The average Bonchev–Trinajstić information content (AvgIpc) is 2.39. The number of rotatable bonds is 8. The minimum absolute atomic E-state index is 0.546. The monoisotopic (exact) mass is 270 g/mol. The van der Waals surface area contributed by atoms with Crippen LogP contribution in [0.15, 0.2) is 18.3 Å². The lowest BCUT2D eigenvalue weighted by Gasteiger charge is -2.30. The van der Waals surface area contributed by atoms with Gasteiger partial charge in [-0.05, 0) is 24.5 Å². The molecule has 0 saturated heterocycles. The number of halogens is 1. The van der Waals surface area contributed by atoms with Crippen LogP contribution in [-0.4, -0.2) is 36.2 Å². The summed E-state index contributed by atoms with van der Waals surface area (Å²) in [6.45, 7) is 7.07. The number of hydrogen-bond acceptors (Lipinski definition) is 3. The average molecular weight is 271 g/mol. The van der Waals surface area contributed by atoms with Crippen LogP contribution < -0.4 is 0 Å².